The minimum absolute atomic E-state index is 0.482. The van der Waals surface area contributed by atoms with Crippen molar-refractivity contribution in [1.29, 1.82) is 0 Å². The maximum atomic E-state index is 7.89. The monoisotopic (exact) mass is 500 g/mol. The fourth-order valence-electron chi connectivity index (χ4n) is 5.03. The van der Waals surface area contributed by atoms with Crippen molar-refractivity contribution in [2.45, 2.75) is 0 Å². The summed E-state index contributed by atoms with van der Waals surface area (Å²) in [5, 5.41) is 0. The van der Waals surface area contributed by atoms with Crippen LogP contribution in [0.2, 0.25) is 0 Å². The van der Waals surface area contributed by atoms with E-state index in [4.69, 9.17) is 11.3 Å². The second-order valence-electron chi connectivity index (χ2n) is 9.45. The molecular weight excluding hydrogens is 474 g/mol. The van der Waals surface area contributed by atoms with Gasteiger partial charge in [0, 0.05) is 22.4 Å². The summed E-state index contributed by atoms with van der Waals surface area (Å²) in [4.78, 5) is 10.0. The standard InChI is InChI=1S/C36H25N3/c1-4-12-26(13-5-1)30-24-33(27-14-6-2-7-15-27)37-34(25-30)28-20-22-31(23-21-28)39-35-19-11-10-18-32(35)38-36(39)29-16-8-3-9-17-29/h1-25H/i3D. The molecule has 0 N–H and O–H groups in total. The van der Waals surface area contributed by atoms with E-state index in [2.05, 4.69) is 83.4 Å². The molecule has 0 spiro atoms. The van der Waals surface area contributed by atoms with Crippen molar-refractivity contribution in [2.75, 3.05) is 0 Å². The normalized spacial score (nSPS) is 11.4. The number of pyridine rings is 1. The lowest BCUT2D eigenvalue weighted by Gasteiger charge is -2.12. The first kappa shape index (κ1) is 21.8. The van der Waals surface area contributed by atoms with Crippen molar-refractivity contribution >= 4 is 11.0 Å². The molecule has 0 aliphatic carbocycles. The Kier molecular flexibility index (Phi) is 5.52. The second-order valence-corrected chi connectivity index (χ2v) is 9.45. The molecule has 0 aliphatic rings. The summed E-state index contributed by atoms with van der Waals surface area (Å²) >= 11 is 0. The summed E-state index contributed by atoms with van der Waals surface area (Å²) in [5.41, 5.74) is 10.3. The molecule has 3 nitrogen and oxygen atoms in total. The van der Waals surface area contributed by atoms with E-state index >= 15 is 0 Å². The van der Waals surface area contributed by atoms with Gasteiger partial charge in [0.1, 0.15) is 5.82 Å². The van der Waals surface area contributed by atoms with Crippen molar-refractivity contribution in [2.24, 2.45) is 0 Å². The zero-order chi connectivity index (χ0) is 26.9. The molecule has 0 aliphatic heterocycles. The van der Waals surface area contributed by atoms with E-state index in [0.29, 0.717) is 6.04 Å². The predicted molar refractivity (Wildman–Crippen MR) is 161 cm³/mol. The van der Waals surface area contributed by atoms with Crippen molar-refractivity contribution < 1.29 is 1.37 Å². The van der Waals surface area contributed by atoms with E-state index in [-0.39, 0.29) is 0 Å². The highest BCUT2D eigenvalue weighted by Gasteiger charge is 2.15. The first-order valence-corrected chi connectivity index (χ1v) is 13.0. The van der Waals surface area contributed by atoms with Crippen LogP contribution in [0.15, 0.2) is 152 Å². The molecule has 0 radical (unpaired) electrons. The molecule has 0 amide bonds. The minimum Gasteiger partial charge on any atom is -0.292 e. The quantitative estimate of drug-likeness (QED) is 0.236. The van der Waals surface area contributed by atoms with Gasteiger partial charge in [-0.05, 0) is 47.5 Å². The highest BCUT2D eigenvalue weighted by molar-refractivity contribution is 5.84. The van der Waals surface area contributed by atoms with Crippen LogP contribution >= 0.6 is 0 Å². The Bertz CT molecular complexity index is 1870. The Hall–Kier alpha value is -5.28. The van der Waals surface area contributed by atoms with Crippen LogP contribution < -0.4 is 0 Å². The van der Waals surface area contributed by atoms with Crippen LogP contribution in [0.3, 0.4) is 0 Å². The van der Waals surface area contributed by atoms with Gasteiger partial charge >= 0.3 is 0 Å². The fraction of sp³-hybridized carbons (Fsp3) is 0. The van der Waals surface area contributed by atoms with Crippen LogP contribution in [0.4, 0.5) is 0 Å². The Morgan fingerprint density at radius 3 is 1.72 bits per heavy atom. The van der Waals surface area contributed by atoms with E-state index in [1.54, 1.807) is 12.1 Å². The van der Waals surface area contributed by atoms with Gasteiger partial charge in [0.25, 0.3) is 0 Å². The molecule has 3 heteroatoms. The minimum atomic E-state index is 0.482. The van der Waals surface area contributed by atoms with Crippen LogP contribution in [0.1, 0.15) is 1.37 Å². The molecule has 2 heterocycles. The maximum absolute atomic E-state index is 7.89. The second kappa shape index (κ2) is 9.88. The van der Waals surface area contributed by atoms with Crippen LogP contribution in [-0.4, -0.2) is 14.5 Å². The lowest BCUT2D eigenvalue weighted by molar-refractivity contribution is 1.10. The average molecular weight is 501 g/mol. The zero-order valence-electron chi connectivity index (χ0n) is 22.2. The number of aromatic nitrogens is 3. The Labute approximate surface area is 229 Å². The van der Waals surface area contributed by atoms with E-state index in [1.807, 2.05) is 54.6 Å². The fourth-order valence-corrected chi connectivity index (χ4v) is 5.03. The number of imidazole rings is 1. The van der Waals surface area contributed by atoms with Gasteiger partial charge in [0.2, 0.25) is 0 Å². The third kappa shape index (κ3) is 4.41. The number of hydrogen-bond donors (Lipinski definition) is 0. The molecule has 2 aromatic heterocycles. The summed E-state index contributed by atoms with van der Waals surface area (Å²) in [6.07, 6.45) is 0. The Balaban J connectivity index is 1.35. The number of para-hydroxylation sites is 2. The van der Waals surface area contributed by atoms with E-state index in [1.165, 1.54) is 0 Å². The Morgan fingerprint density at radius 2 is 1.03 bits per heavy atom. The average Bonchev–Trinajstić information content (AvgIpc) is 3.42. The summed E-state index contributed by atoms with van der Waals surface area (Å²) < 4.78 is 10.1. The summed E-state index contributed by atoms with van der Waals surface area (Å²) in [6.45, 7) is 0. The van der Waals surface area contributed by atoms with Crippen LogP contribution in [0.5, 0.6) is 0 Å². The largest absolute Gasteiger partial charge is 0.292 e. The molecule has 0 saturated carbocycles. The number of rotatable bonds is 5. The van der Waals surface area contributed by atoms with Crippen molar-refractivity contribution in [3.8, 4) is 50.7 Å². The van der Waals surface area contributed by atoms with Crippen LogP contribution in [-0.2, 0) is 0 Å². The van der Waals surface area contributed by atoms with Gasteiger partial charge in [0.05, 0.1) is 23.8 Å². The van der Waals surface area contributed by atoms with Crippen molar-refractivity contribution in [3.05, 3.63) is 152 Å². The van der Waals surface area contributed by atoms with E-state index in [9.17, 15) is 0 Å². The number of hydrogen-bond acceptors (Lipinski definition) is 2. The summed E-state index contributed by atoms with van der Waals surface area (Å²) in [6, 6.07) is 49.8. The molecular formula is C36H25N3. The molecule has 0 saturated heterocycles. The van der Waals surface area contributed by atoms with Crippen LogP contribution in [0.25, 0.3) is 61.8 Å². The predicted octanol–water partition coefficient (Wildman–Crippen LogP) is 9.09. The third-order valence-electron chi connectivity index (χ3n) is 6.96. The summed E-state index contributed by atoms with van der Waals surface area (Å²) in [7, 11) is 0. The number of benzene rings is 5. The topological polar surface area (TPSA) is 30.7 Å². The molecule has 0 unspecified atom stereocenters. The SMILES string of the molecule is [2H]c1ccc(-c2nc3ccccc3n2-c2ccc(-c3cc(-c4ccccc4)cc(-c4ccccc4)n3)cc2)cc1. The Morgan fingerprint density at radius 1 is 0.462 bits per heavy atom. The molecule has 39 heavy (non-hydrogen) atoms. The molecule has 5 aromatic carbocycles. The van der Waals surface area contributed by atoms with Crippen LogP contribution in [0, 0.1) is 0 Å². The van der Waals surface area contributed by atoms with Gasteiger partial charge in [-0.25, -0.2) is 9.97 Å². The van der Waals surface area contributed by atoms with Gasteiger partial charge in [-0.3, -0.25) is 4.57 Å². The van der Waals surface area contributed by atoms with Gasteiger partial charge in [0.15, 0.2) is 0 Å². The van der Waals surface area contributed by atoms with E-state index < -0.39 is 0 Å². The van der Waals surface area contributed by atoms with Gasteiger partial charge in [-0.1, -0.05) is 115 Å². The molecule has 7 aromatic rings. The number of fused-ring (bicyclic) bond motifs is 1. The molecule has 0 atom stereocenters. The van der Waals surface area contributed by atoms with Gasteiger partial charge in [-0.15, -0.1) is 0 Å². The molecule has 184 valence electrons. The summed E-state index contributed by atoms with van der Waals surface area (Å²) in [5.74, 6) is 0.851. The van der Waals surface area contributed by atoms with Crippen molar-refractivity contribution in [3.63, 3.8) is 0 Å². The smallest absolute Gasteiger partial charge is 0.145 e. The van der Waals surface area contributed by atoms with Gasteiger partial charge < -0.3 is 0 Å². The van der Waals surface area contributed by atoms with Gasteiger partial charge in [-0.2, -0.15) is 0 Å². The first-order valence-electron chi connectivity index (χ1n) is 13.5. The molecule has 0 bridgehead atoms. The molecule has 7 rings (SSSR count). The third-order valence-corrected chi connectivity index (χ3v) is 6.96. The maximum Gasteiger partial charge on any atom is 0.145 e. The lowest BCUT2D eigenvalue weighted by atomic mass is 10.00. The van der Waals surface area contributed by atoms with Crippen molar-refractivity contribution in [1.82, 2.24) is 14.5 Å². The zero-order valence-corrected chi connectivity index (χ0v) is 21.2. The van der Waals surface area contributed by atoms with E-state index in [0.717, 1.165) is 61.8 Å². The highest BCUT2D eigenvalue weighted by atomic mass is 15.1. The number of nitrogens with zero attached hydrogens (tertiary/aromatic N) is 3. The molecule has 0 fully saturated rings. The highest BCUT2D eigenvalue weighted by Crippen LogP contribution is 2.32. The lowest BCUT2D eigenvalue weighted by Crippen LogP contribution is -1.98. The first-order chi connectivity index (χ1) is 19.7.